The summed E-state index contributed by atoms with van der Waals surface area (Å²) in [7, 11) is -3.65. The van der Waals surface area contributed by atoms with Crippen LogP contribution in [0.5, 0.6) is 0 Å². The van der Waals surface area contributed by atoms with Crippen molar-refractivity contribution < 1.29 is 12.8 Å². The van der Waals surface area contributed by atoms with Crippen LogP contribution in [-0.2, 0) is 10.0 Å². The van der Waals surface area contributed by atoms with E-state index in [0.717, 1.165) is 25.3 Å². The second kappa shape index (κ2) is 4.85. The van der Waals surface area contributed by atoms with E-state index in [-0.39, 0.29) is 16.6 Å². The number of sulfonamides is 1. The molecule has 6 heteroatoms. The molecule has 4 nitrogen and oxygen atoms in total. The van der Waals surface area contributed by atoms with Gasteiger partial charge in [0.05, 0.1) is 10.6 Å². The van der Waals surface area contributed by atoms with Gasteiger partial charge < -0.3 is 5.73 Å². The summed E-state index contributed by atoms with van der Waals surface area (Å²) in [5, 5.41) is 0. The summed E-state index contributed by atoms with van der Waals surface area (Å²) < 4.78 is 40.0. The molecule has 0 radical (unpaired) electrons. The summed E-state index contributed by atoms with van der Waals surface area (Å²) in [6.45, 7) is 2.09. The Kier molecular flexibility index (Phi) is 3.59. The van der Waals surface area contributed by atoms with Gasteiger partial charge in [0, 0.05) is 6.04 Å². The lowest BCUT2D eigenvalue weighted by atomic mass is 10.1. The predicted octanol–water partition coefficient (Wildman–Crippen LogP) is 1.87. The molecule has 2 atom stereocenters. The Balaban J connectivity index is 2.17. The van der Waals surface area contributed by atoms with Crippen molar-refractivity contribution in [2.45, 2.75) is 37.1 Å². The van der Waals surface area contributed by atoms with E-state index in [0.29, 0.717) is 5.92 Å². The molecule has 100 valence electrons. The molecule has 0 saturated heterocycles. The fourth-order valence-corrected chi connectivity index (χ4v) is 3.57. The standard InChI is InChI=1S/C12H17FN2O2S/c1-8-2-3-9(6-8)15-18(16,17)10-4-5-12(14)11(13)7-10/h4-5,7-9,15H,2-3,6,14H2,1H3. The third-order valence-corrected chi connectivity index (χ3v) is 4.82. The van der Waals surface area contributed by atoms with E-state index < -0.39 is 15.8 Å². The zero-order valence-corrected chi connectivity index (χ0v) is 11.0. The third kappa shape index (κ3) is 2.81. The van der Waals surface area contributed by atoms with Gasteiger partial charge >= 0.3 is 0 Å². The van der Waals surface area contributed by atoms with Crippen LogP contribution in [-0.4, -0.2) is 14.5 Å². The van der Waals surface area contributed by atoms with Crippen LogP contribution in [0.2, 0.25) is 0 Å². The van der Waals surface area contributed by atoms with Gasteiger partial charge in [0.2, 0.25) is 10.0 Å². The predicted molar refractivity (Wildman–Crippen MR) is 67.9 cm³/mol. The van der Waals surface area contributed by atoms with Crippen LogP contribution in [0, 0.1) is 11.7 Å². The average Bonchev–Trinajstić information content (AvgIpc) is 2.67. The van der Waals surface area contributed by atoms with Crippen molar-refractivity contribution in [2.75, 3.05) is 5.73 Å². The van der Waals surface area contributed by atoms with Crippen LogP contribution in [0.4, 0.5) is 10.1 Å². The van der Waals surface area contributed by atoms with E-state index in [1.165, 1.54) is 12.1 Å². The molecule has 0 spiro atoms. The zero-order valence-electron chi connectivity index (χ0n) is 10.2. The van der Waals surface area contributed by atoms with Gasteiger partial charge in [-0.3, -0.25) is 0 Å². The molecule has 0 aliphatic heterocycles. The fraction of sp³-hybridized carbons (Fsp3) is 0.500. The molecule has 1 aliphatic carbocycles. The number of nitrogen functional groups attached to an aromatic ring is 1. The SMILES string of the molecule is CC1CCC(NS(=O)(=O)c2ccc(N)c(F)c2)C1. The van der Waals surface area contributed by atoms with Crippen LogP contribution >= 0.6 is 0 Å². The summed E-state index contributed by atoms with van der Waals surface area (Å²) in [6.07, 6.45) is 2.68. The number of benzene rings is 1. The first kappa shape index (κ1) is 13.3. The zero-order chi connectivity index (χ0) is 13.3. The van der Waals surface area contributed by atoms with Gasteiger partial charge in [-0.15, -0.1) is 0 Å². The summed E-state index contributed by atoms with van der Waals surface area (Å²) >= 11 is 0. The van der Waals surface area contributed by atoms with Crippen molar-refractivity contribution in [1.29, 1.82) is 0 Å². The normalized spacial score (nSPS) is 24.3. The highest BCUT2D eigenvalue weighted by atomic mass is 32.2. The quantitative estimate of drug-likeness (QED) is 0.825. The molecular weight excluding hydrogens is 255 g/mol. The number of nitrogens with one attached hydrogen (secondary N) is 1. The molecule has 1 saturated carbocycles. The molecule has 0 heterocycles. The second-order valence-corrected chi connectivity index (χ2v) is 6.63. The van der Waals surface area contributed by atoms with Crippen LogP contribution < -0.4 is 10.5 Å². The van der Waals surface area contributed by atoms with Crippen molar-refractivity contribution in [1.82, 2.24) is 4.72 Å². The fourth-order valence-electron chi connectivity index (χ4n) is 2.28. The minimum atomic E-state index is -3.65. The summed E-state index contributed by atoms with van der Waals surface area (Å²) in [4.78, 5) is -0.0752. The minimum absolute atomic E-state index is 0.0504. The first-order chi connectivity index (χ1) is 8.38. The number of nitrogens with two attached hydrogens (primary N) is 1. The molecule has 1 aromatic rings. The van der Waals surface area contributed by atoms with E-state index >= 15 is 0 Å². The van der Waals surface area contributed by atoms with Crippen LogP contribution in [0.1, 0.15) is 26.2 Å². The number of rotatable bonds is 3. The van der Waals surface area contributed by atoms with E-state index in [1.54, 1.807) is 0 Å². The lowest BCUT2D eigenvalue weighted by molar-refractivity contribution is 0.537. The van der Waals surface area contributed by atoms with Crippen molar-refractivity contribution >= 4 is 15.7 Å². The largest absolute Gasteiger partial charge is 0.396 e. The molecule has 1 fully saturated rings. The van der Waals surface area contributed by atoms with Gasteiger partial charge in [0.1, 0.15) is 5.82 Å². The van der Waals surface area contributed by atoms with E-state index in [4.69, 9.17) is 5.73 Å². The van der Waals surface area contributed by atoms with Crippen LogP contribution in [0.3, 0.4) is 0 Å². The highest BCUT2D eigenvalue weighted by Crippen LogP contribution is 2.26. The highest BCUT2D eigenvalue weighted by Gasteiger charge is 2.26. The average molecular weight is 272 g/mol. The maximum Gasteiger partial charge on any atom is 0.240 e. The van der Waals surface area contributed by atoms with E-state index in [2.05, 4.69) is 11.6 Å². The van der Waals surface area contributed by atoms with Gasteiger partial charge in [-0.05, 0) is 43.4 Å². The van der Waals surface area contributed by atoms with Gasteiger partial charge in [0.25, 0.3) is 0 Å². The van der Waals surface area contributed by atoms with Crippen LogP contribution in [0.15, 0.2) is 23.1 Å². The second-order valence-electron chi connectivity index (χ2n) is 4.92. The summed E-state index contributed by atoms with van der Waals surface area (Å²) in [6, 6.07) is 3.49. The number of halogens is 1. The van der Waals surface area contributed by atoms with Gasteiger partial charge in [-0.25, -0.2) is 17.5 Å². The van der Waals surface area contributed by atoms with E-state index in [1.807, 2.05) is 0 Å². The third-order valence-electron chi connectivity index (χ3n) is 3.30. The molecule has 18 heavy (non-hydrogen) atoms. The van der Waals surface area contributed by atoms with Crippen molar-refractivity contribution in [3.8, 4) is 0 Å². The maximum absolute atomic E-state index is 13.3. The first-order valence-electron chi connectivity index (χ1n) is 5.96. The Hall–Kier alpha value is -1.14. The minimum Gasteiger partial charge on any atom is -0.396 e. The van der Waals surface area contributed by atoms with Crippen LogP contribution in [0.25, 0.3) is 0 Å². The Bertz CT molecular complexity index is 545. The number of hydrogen-bond donors (Lipinski definition) is 2. The van der Waals surface area contributed by atoms with Gasteiger partial charge in [-0.1, -0.05) is 6.92 Å². The van der Waals surface area contributed by atoms with Crippen molar-refractivity contribution in [2.24, 2.45) is 5.92 Å². The van der Waals surface area contributed by atoms with Crippen molar-refractivity contribution in [3.63, 3.8) is 0 Å². The first-order valence-corrected chi connectivity index (χ1v) is 7.44. The lowest BCUT2D eigenvalue weighted by Gasteiger charge is -2.13. The molecule has 0 bridgehead atoms. The Labute approximate surface area is 106 Å². The summed E-state index contributed by atoms with van der Waals surface area (Å²) in [5.74, 6) is -0.182. The van der Waals surface area contributed by atoms with Crippen molar-refractivity contribution in [3.05, 3.63) is 24.0 Å². The maximum atomic E-state index is 13.3. The molecule has 1 aliphatic rings. The molecule has 0 amide bonds. The Morgan fingerprint density at radius 2 is 2.11 bits per heavy atom. The number of hydrogen-bond acceptors (Lipinski definition) is 3. The summed E-state index contributed by atoms with van der Waals surface area (Å²) in [5.41, 5.74) is 5.27. The van der Waals surface area contributed by atoms with E-state index in [9.17, 15) is 12.8 Å². The highest BCUT2D eigenvalue weighted by molar-refractivity contribution is 7.89. The molecule has 3 N–H and O–H groups in total. The molecular formula is C12H17FN2O2S. The Morgan fingerprint density at radius 1 is 1.39 bits per heavy atom. The van der Waals surface area contributed by atoms with Gasteiger partial charge in [-0.2, -0.15) is 0 Å². The monoisotopic (exact) mass is 272 g/mol. The lowest BCUT2D eigenvalue weighted by Crippen LogP contribution is -2.33. The van der Waals surface area contributed by atoms with Gasteiger partial charge in [0.15, 0.2) is 0 Å². The molecule has 0 aromatic heterocycles. The topological polar surface area (TPSA) is 72.2 Å². The smallest absolute Gasteiger partial charge is 0.240 e. The Morgan fingerprint density at radius 3 is 2.67 bits per heavy atom. The molecule has 2 unspecified atom stereocenters. The molecule has 2 rings (SSSR count). The number of anilines is 1. The molecule has 1 aromatic carbocycles.